The zero-order chi connectivity index (χ0) is 18.0. The molecular formula is C15H16F3NO5. The number of alkyl halides is 3. The predicted octanol–water partition coefficient (Wildman–Crippen LogP) is 1.53. The minimum absolute atomic E-state index is 0.0414. The average molecular weight is 347 g/mol. The number of amides is 1. The smallest absolute Gasteiger partial charge is 0.417 e. The fraction of sp³-hybridized carbons (Fsp3) is 0.467. The van der Waals surface area contributed by atoms with E-state index in [9.17, 15) is 27.9 Å². The second-order valence-electron chi connectivity index (χ2n) is 5.71. The number of aliphatic hydroxyl groups is 1. The number of hydrogen-bond donors (Lipinski definition) is 3. The van der Waals surface area contributed by atoms with Gasteiger partial charge >= 0.3 is 12.1 Å². The Morgan fingerprint density at radius 3 is 2.54 bits per heavy atom. The van der Waals surface area contributed by atoms with Gasteiger partial charge < -0.3 is 20.3 Å². The van der Waals surface area contributed by atoms with Crippen LogP contribution in [0.5, 0.6) is 0 Å². The number of carbonyl (C=O) groups excluding carboxylic acids is 1. The van der Waals surface area contributed by atoms with E-state index < -0.39 is 40.2 Å². The van der Waals surface area contributed by atoms with Crippen molar-refractivity contribution in [2.75, 3.05) is 26.4 Å². The van der Waals surface area contributed by atoms with Gasteiger partial charge in [0.05, 0.1) is 29.9 Å². The molecule has 0 aromatic heterocycles. The Morgan fingerprint density at radius 2 is 2.04 bits per heavy atom. The molecule has 0 bridgehead atoms. The Morgan fingerprint density at radius 1 is 1.33 bits per heavy atom. The van der Waals surface area contributed by atoms with Crippen LogP contribution >= 0.6 is 0 Å². The predicted molar refractivity (Wildman–Crippen MR) is 75.7 cm³/mol. The fourth-order valence-electron chi connectivity index (χ4n) is 2.44. The van der Waals surface area contributed by atoms with Gasteiger partial charge in [-0.1, -0.05) is 0 Å². The Bertz CT molecular complexity index is 638. The molecule has 0 aliphatic carbocycles. The van der Waals surface area contributed by atoms with Gasteiger partial charge in [0.2, 0.25) is 0 Å². The molecule has 1 amide bonds. The molecule has 1 atom stereocenters. The third-order valence-electron chi connectivity index (χ3n) is 3.96. The van der Waals surface area contributed by atoms with E-state index in [4.69, 9.17) is 9.84 Å². The molecule has 0 radical (unpaired) electrons. The summed E-state index contributed by atoms with van der Waals surface area (Å²) in [5.41, 5.74) is -3.26. The molecule has 1 heterocycles. The van der Waals surface area contributed by atoms with Crippen molar-refractivity contribution in [3.05, 3.63) is 34.9 Å². The van der Waals surface area contributed by atoms with Crippen molar-refractivity contribution in [3.63, 3.8) is 0 Å². The molecule has 1 aliphatic heterocycles. The minimum atomic E-state index is -4.87. The molecule has 0 spiro atoms. The SMILES string of the molecule is O=C(O)c1ccc(C(=O)NCC2(CO)CCOC2)c(C(F)(F)F)c1. The van der Waals surface area contributed by atoms with Gasteiger partial charge in [-0.05, 0) is 24.6 Å². The van der Waals surface area contributed by atoms with Crippen LogP contribution in [0.15, 0.2) is 18.2 Å². The topological polar surface area (TPSA) is 95.9 Å². The summed E-state index contributed by atoms with van der Waals surface area (Å²) >= 11 is 0. The van der Waals surface area contributed by atoms with E-state index in [1.54, 1.807) is 0 Å². The largest absolute Gasteiger partial charge is 0.478 e. The molecule has 132 valence electrons. The number of ether oxygens (including phenoxy) is 1. The Balaban J connectivity index is 2.23. The van der Waals surface area contributed by atoms with Gasteiger partial charge in [-0.3, -0.25) is 4.79 Å². The maximum atomic E-state index is 13.1. The molecule has 3 N–H and O–H groups in total. The first-order valence-electron chi connectivity index (χ1n) is 7.10. The first kappa shape index (κ1) is 18.2. The molecule has 24 heavy (non-hydrogen) atoms. The third kappa shape index (κ3) is 3.85. The van der Waals surface area contributed by atoms with Crippen molar-refractivity contribution in [2.24, 2.45) is 5.41 Å². The number of hydrogen-bond acceptors (Lipinski definition) is 4. The van der Waals surface area contributed by atoms with Crippen LogP contribution in [0.3, 0.4) is 0 Å². The van der Waals surface area contributed by atoms with Gasteiger partial charge in [0.25, 0.3) is 5.91 Å². The van der Waals surface area contributed by atoms with Crippen LogP contribution in [0.4, 0.5) is 13.2 Å². The normalized spacial score (nSPS) is 20.8. The lowest BCUT2D eigenvalue weighted by atomic mass is 9.88. The van der Waals surface area contributed by atoms with E-state index >= 15 is 0 Å². The van der Waals surface area contributed by atoms with E-state index in [-0.39, 0.29) is 19.8 Å². The van der Waals surface area contributed by atoms with Gasteiger partial charge in [-0.15, -0.1) is 0 Å². The number of nitrogens with one attached hydrogen (secondary N) is 1. The van der Waals surface area contributed by atoms with Gasteiger partial charge in [-0.25, -0.2) is 4.79 Å². The highest BCUT2D eigenvalue weighted by molar-refractivity contribution is 5.97. The number of aliphatic hydroxyl groups excluding tert-OH is 1. The van der Waals surface area contributed by atoms with Gasteiger partial charge in [0.1, 0.15) is 0 Å². The zero-order valence-corrected chi connectivity index (χ0v) is 12.5. The van der Waals surface area contributed by atoms with E-state index in [2.05, 4.69) is 5.32 Å². The van der Waals surface area contributed by atoms with Gasteiger partial charge in [-0.2, -0.15) is 13.2 Å². The standard InChI is InChI=1S/C15H16F3NO5/c16-15(17,18)11-5-9(13(22)23)1-2-10(11)12(21)19-6-14(7-20)3-4-24-8-14/h1-2,5,20H,3-4,6-8H2,(H,19,21)(H,22,23). The lowest BCUT2D eigenvalue weighted by molar-refractivity contribution is -0.138. The molecule has 0 saturated carbocycles. The Kier molecular flexibility index (Phi) is 5.14. The van der Waals surface area contributed by atoms with Crippen molar-refractivity contribution < 1.29 is 37.7 Å². The van der Waals surface area contributed by atoms with Crippen LogP contribution in [0.1, 0.15) is 32.7 Å². The highest BCUT2D eigenvalue weighted by Gasteiger charge is 2.38. The molecule has 1 aliphatic rings. The average Bonchev–Trinajstić information content (AvgIpc) is 3.00. The monoisotopic (exact) mass is 347 g/mol. The van der Waals surface area contributed by atoms with Crippen LogP contribution in [0.25, 0.3) is 0 Å². The van der Waals surface area contributed by atoms with Crippen molar-refractivity contribution in [3.8, 4) is 0 Å². The number of carboxylic acid groups (broad SMARTS) is 1. The molecule has 1 aromatic carbocycles. The maximum Gasteiger partial charge on any atom is 0.417 e. The summed E-state index contributed by atoms with van der Waals surface area (Å²) in [5, 5.41) is 20.6. The quantitative estimate of drug-likeness (QED) is 0.751. The Hall–Kier alpha value is -2.13. The summed E-state index contributed by atoms with van der Waals surface area (Å²) in [7, 11) is 0. The van der Waals surface area contributed by atoms with Gasteiger partial charge in [0, 0.05) is 18.6 Å². The highest BCUT2D eigenvalue weighted by Crippen LogP contribution is 2.33. The molecule has 1 unspecified atom stereocenters. The summed E-state index contributed by atoms with van der Waals surface area (Å²) in [5.74, 6) is -2.51. The van der Waals surface area contributed by atoms with Crippen molar-refractivity contribution >= 4 is 11.9 Å². The van der Waals surface area contributed by atoms with Crippen LogP contribution in [0.2, 0.25) is 0 Å². The highest BCUT2D eigenvalue weighted by atomic mass is 19.4. The second-order valence-corrected chi connectivity index (χ2v) is 5.71. The summed E-state index contributed by atoms with van der Waals surface area (Å²) in [6.45, 7) is 0.295. The Labute approximate surface area is 135 Å². The van der Waals surface area contributed by atoms with E-state index in [1.807, 2.05) is 0 Å². The number of carboxylic acids is 1. The fourth-order valence-corrected chi connectivity index (χ4v) is 2.44. The first-order valence-corrected chi connectivity index (χ1v) is 7.10. The molecular weight excluding hydrogens is 331 g/mol. The third-order valence-corrected chi connectivity index (χ3v) is 3.96. The number of halogens is 3. The molecule has 9 heteroatoms. The van der Waals surface area contributed by atoms with Crippen LogP contribution in [-0.2, 0) is 10.9 Å². The minimum Gasteiger partial charge on any atom is -0.478 e. The molecule has 1 saturated heterocycles. The molecule has 6 nitrogen and oxygen atoms in total. The number of aromatic carboxylic acids is 1. The van der Waals surface area contributed by atoms with Crippen molar-refractivity contribution in [2.45, 2.75) is 12.6 Å². The summed E-state index contributed by atoms with van der Waals surface area (Å²) in [4.78, 5) is 23.0. The summed E-state index contributed by atoms with van der Waals surface area (Å²) < 4.78 is 44.5. The molecule has 1 fully saturated rings. The lowest BCUT2D eigenvalue weighted by Gasteiger charge is -2.25. The molecule has 2 rings (SSSR count). The zero-order valence-electron chi connectivity index (χ0n) is 12.5. The van der Waals surface area contributed by atoms with E-state index in [1.165, 1.54) is 0 Å². The van der Waals surface area contributed by atoms with Gasteiger partial charge in [0.15, 0.2) is 0 Å². The summed E-state index contributed by atoms with van der Waals surface area (Å²) in [6.07, 6.45) is -4.39. The van der Waals surface area contributed by atoms with Crippen LogP contribution in [-0.4, -0.2) is 48.5 Å². The van der Waals surface area contributed by atoms with Crippen molar-refractivity contribution in [1.29, 1.82) is 0 Å². The maximum absolute atomic E-state index is 13.1. The van der Waals surface area contributed by atoms with Crippen LogP contribution in [0, 0.1) is 5.41 Å². The van der Waals surface area contributed by atoms with Crippen molar-refractivity contribution in [1.82, 2.24) is 5.32 Å². The lowest BCUT2D eigenvalue weighted by Crippen LogP contribution is -2.41. The molecule has 1 aromatic rings. The number of rotatable bonds is 5. The summed E-state index contributed by atoms with van der Waals surface area (Å²) in [6, 6.07) is 2.20. The van der Waals surface area contributed by atoms with E-state index in [0.717, 1.165) is 12.1 Å². The number of benzene rings is 1. The van der Waals surface area contributed by atoms with Crippen LogP contribution < -0.4 is 5.32 Å². The first-order chi connectivity index (χ1) is 11.2. The van der Waals surface area contributed by atoms with E-state index in [0.29, 0.717) is 19.1 Å². The second kappa shape index (κ2) is 6.78. The number of carbonyl (C=O) groups is 2.